The Balaban J connectivity index is 2.76. The van der Waals surface area contributed by atoms with Crippen LogP contribution in [0.25, 0.3) is 0 Å². The highest BCUT2D eigenvalue weighted by molar-refractivity contribution is 5.92. The lowest BCUT2D eigenvalue weighted by atomic mass is 9.95. The van der Waals surface area contributed by atoms with Crippen LogP contribution >= 0.6 is 0 Å². The number of benzene rings is 1. The summed E-state index contributed by atoms with van der Waals surface area (Å²) in [6.45, 7) is 3.93. The predicted octanol–water partition coefficient (Wildman–Crippen LogP) is 2.87. The van der Waals surface area contributed by atoms with Gasteiger partial charge in [-0.25, -0.2) is 0 Å². The number of hydrogen-bond donors (Lipinski definition) is 2. The second kappa shape index (κ2) is 6.06. The van der Waals surface area contributed by atoms with E-state index in [2.05, 4.69) is 5.32 Å². The summed E-state index contributed by atoms with van der Waals surface area (Å²) < 4.78 is 37.1. The largest absolute Gasteiger partial charge is 0.416 e. The molecule has 1 rings (SSSR count). The van der Waals surface area contributed by atoms with E-state index in [1.807, 2.05) is 13.8 Å². The van der Waals surface area contributed by atoms with Crippen LogP contribution in [0, 0.1) is 11.8 Å². The molecule has 1 aromatic rings. The van der Waals surface area contributed by atoms with Gasteiger partial charge in [0.15, 0.2) is 0 Å². The van der Waals surface area contributed by atoms with Gasteiger partial charge < -0.3 is 11.1 Å². The molecule has 0 aromatic heterocycles. The van der Waals surface area contributed by atoms with Gasteiger partial charge >= 0.3 is 6.18 Å². The Bertz CT molecular complexity index is 427. The average molecular weight is 274 g/mol. The van der Waals surface area contributed by atoms with Crippen molar-refractivity contribution < 1.29 is 18.0 Å². The first-order valence-corrected chi connectivity index (χ1v) is 5.94. The zero-order valence-electron chi connectivity index (χ0n) is 10.8. The smallest absolute Gasteiger partial charge is 0.330 e. The monoisotopic (exact) mass is 274 g/mol. The van der Waals surface area contributed by atoms with Crippen LogP contribution < -0.4 is 11.1 Å². The molecule has 3 N–H and O–H groups in total. The van der Waals surface area contributed by atoms with Gasteiger partial charge in [-0.2, -0.15) is 13.2 Å². The summed E-state index contributed by atoms with van der Waals surface area (Å²) >= 11 is 0. The molecule has 3 nitrogen and oxygen atoms in total. The number of halogens is 3. The lowest BCUT2D eigenvalue weighted by molar-refractivity contribution is -0.137. The Kier molecular flexibility index (Phi) is 4.94. The number of nitrogens with two attached hydrogens (primary N) is 1. The highest BCUT2D eigenvalue weighted by Gasteiger charge is 2.30. The number of anilines is 1. The van der Waals surface area contributed by atoms with E-state index in [-0.39, 0.29) is 24.3 Å². The van der Waals surface area contributed by atoms with Gasteiger partial charge in [-0.1, -0.05) is 13.8 Å². The van der Waals surface area contributed by atoms with E-state index in [1.54, 1.807) is 0 Å². The standard InChI is InChI=1S/C13H17F3N2O/c1-8(2)11(7-17)12(19)18-10-5-3-9(4-6-10)13(14,15)16/h3-6,8,11H,7,17H2,1-2H3,(H,18,19). The molecule has 1 atom stereocenters. The molecule has 0 fully saturated rings. The van der Waals surface area contributed by atoms with Crippen LogP contribution in [0.15, 0.2) is 24.3 Å². The van der Waals surface area contributed by atoms with Crippen LogP contribution in [0.3, 0.4) is 0 Å². The minimum absolute atomic E-state index is 0.0689. The molecule has 19 heavy (non-hydrogen) atoms. The molecular weight excluding hydrogens is 257 g/mol. The Morgan fingerprint density at radius 2 is 1.79 bits per heavy atom. The van der Waals surface area contributed by atoms with Crippen molar-refractivity contribution in [1.29, 1.82) is 0 Å². The van der Waals surface area contributed by atoms with Gasteiger partial charge in [0.1, 0.15) is 0 Å². The van der Waals surface area contributed by atoms with Gasteiger partial charge in [-0.05, 0) is 30.2 Å². The first-order chi connectivity index (χ1) is 8.75. The Hall–Kier alpha value is -1.56. The van der Waals surface area contributed by atoms with E-state index < -0.39 is 11.7 Å². The van der Waals surface area contributed by atoms with Crippen LogP contribution in [-0.4, -0.2) is 12.5 Å². The summed E-state index contributed by atoms with van der Waals surface area (Å²) in [6, 6.07) is 4.33. The summed E-state index contributed by atoms with van der Waals surface area (Å²) in [6.07, 6.45) is -4.37. The molecule has 6 heteroatoms. The Morgan fingerprint density at radius 1 is 1.26 bits per heavy atom. The lowest BCUT2D eigenvalue weighted by Gasteiger charge is -2.18. The van der Waals surface area contributed by atoms with Crippen molar-refractivity contribution in [3.8, 4) is 0 Å². The first kappa shape index (κ1) is 15.5. The fraction of sp³-hybridized carbons (Fsp3) is 0.462. The zero-order chi connectivity index (χ0) is 14.6. The van der Waals surface area contributed by atoms with E-state index in [9.17, 15) is 18.0 Å². The molecule has 0 aliphatic heterocycles. The summed E-state index contributed by atoms with van der Waals surface area (Å²) in [4.78, 5) is 11.9. The quantitative estimate of drug-likeness (QED) is 0.887. The van der Waals surface area contributed by atoms with Crippen LogP contribution in [0.4, 0.5) is 18.9 Å². The van der Waals surface area contributed by atoms with Crippen molar-refractivity contribution in [3.05, 3.63) is 29.8 Å². The fourth-order valence-electron chi connectivity index (χ4n) is 1.66. The molecule has 0 heterocycles. The zero-order valence-corrected chi connectivity index (χ0v) is 10.8. The molecule has 0 bridgehead atoms. The van der Waals surface area contributed by atoms with Crippen molar-refractivity contribution in [2.24, 2.45) is 17.6 Å². The summed E-state index contributed by atoms with van der Waals surface area (Å²) in [7, 11) is 0. The van der Waals surface area contributed by atoms with Crippen molar-refractivity contribution >= 4 is 11.6 Å². The SMILES string of the molecule is CC(C)C(CN)C(=O)Nc1ccc(C(F)(F)F)cc1. The number of carbonyl (C=O) groups is 1. The fourth-order valence-corrected chi connectivity index (χ4v) is 1.66. The molecule has 1 aromatic carbocycles. The predicted molar refractivity (Wildman–Crippen MR) is 67.5 cm³/mol. The van der Waals surface area contributed by atoms with E-state index >= 15 is 0 Å². The summed E-state index contributed by atoms with van der Waals surface area (Å²) in [5.41, 5.74) is 5.08. The third kappa shape index (κ3) is 4.24. The minimum Gasteiger partial charge on any atom is -0.330 e. The molecule has 0 saturated heterocycles. The third-order valence-corrected chi connectivity index (χ3v) is 2.88. The van der Waals surface area contributed by atoms with Crippen molar-refractivity contribution in [2.75, 3.05) is 11.9 Å². The van der Waals surface area contributed by atoms with Crippen molar-refractivity contribution in [2.45, 2.75) is 20.0 Å². The maximum absolute atomic E-state index is 12.4. The van der Waals surface area contributed by atoms with Crippen LogP contribution in [0.1, 0.15) is 19.4 Å². The van der Waals surface area contributed by atoms with E-state index in [0.29, 0.717) is 5.69 Å². The third-order valence-electron chi connectivity index (χ3n) is 2.88. The van der Waals surface area contributed by atoms with Gasteiger partial charge in [-0.15, -0.1) is 0 Å². The molecule has 106 valence electrons. The van der Waals surface area contributed by atoms with Crippen LogP contribution in [0.5, 0.6) is 0 Å². The molecular formula is C13H17F3N2O. The van der Waals surface area contributed by atoms with Gasteiger partial charge in [0.2, 0.25) is 5.91 Å². The Morgan fingerprint density at radius 3 is 2.16 bits per heavy atom. The molecule has 0 aliphatic rings. The number of hydrogen-bond acceptors (Lipinski definition) is 2. The second-order valence-corrected chi connectivity index (χ2v) is 4.65. The highest BCUT2D eigenvalue weighted by Crippen LogP contribution is 2.29. The van der Waals surface area contributed by atoms with Gasteiger partial charge in [0, 0.05) is 12.2 Å². The maximum atomic E-state index is 12.4. The maximum Gasteiger partial charge on any atom is 0.416 e. The second-order valence-electron chi connectivity index (χ2n) is 4.65. The normalized spacial score (nSPS) is 13.4. The molecule has 0 spiro atoms. The van der Waals surface area contributed by atoms with E-state index in [0.717, 1.165) is 12.1 Å². The minimum atomic E-state index is -4.37. The lowest BCUT2D eigenvalue weighted by Crippen LogP contribution is -2.33. The topological polar surface area (TPSA) is 55.1 Å². The Labute approximate surface area is 110 Å². The summed E-state index contributed by atoms with van der Waals surface area (Å²) in [5.74, 6) is -0.570. The van der Waals surface area contributed by atoms with Gasteiger partial charge in [0.25, 0.3) is 0 Å². The van der Waals surface area contributed by atoms with Crippen LogP contribution in [-0.2, 0) is 11.0 Å². The van der Waals surface area contributed by atoms with Crippen molar-refractivity contribution in [3.63, 3.8) is 0 Å². The van der Waals surface area contributed by atoms with E-state index in [1.165, 1.54) is 12.1 Å². The molecule has 0 radical (unpaired) electrons. The highest BCUT2D eigenvalue weighted by atomic mass is 19.4. The number of alkyl halides is 3. The van der Waals surface area contributed by atoms with Gasteiger partial charge in [0.05, 0.1) is 11.5 Å². The molecule has 0 saturated carbocycles. The molecule has 1 amide bonds. The number of amides is 1. The number of carbonyl (C=O) groups excluding carboxylic acids is 1. The molecule has 1 unspecified atom stereocenters. The van der Waals surface area contributed by atoms with Crippen LogP contribution in [0.2, 0.25) is 0 Å². The number of nitrogens with one attached hydrogen (secondary N) is 1. The van der Waals surface area contributed by atoms with E-state index in [4.69, 9.17) is 5.73 Å². The first-order valence-electron chi connectivity index (χ1n) is 5.94. The average Bonchev–Trinajstić information content (AvgIpc) is 2.28. The van der Waals surface area contributed by atoms with Gasteiger partial charge in [-0.3, -0.25) is 4.79 Å². The molecule has 0 aliphatic carbocycles. The number of rotatable bonds is 4. The summed E-state index contributed by atoms with van der Waals surface area (Å²) in [5, 5.41) is 2.57. The van der Waals surface area contributed by atoms with Crippen molar-refractivity contribution in [1.82, 2.24) is 0 Å².